The highest BCUT2D eigenvalue weighted by molar-refractivity contribution is 7.89. The highest BCUT2D eigenvalue weighted by Crippen LogP contribution is 2.23. The smallest absolute Gasteiger partial charge is 0.287 e. The quantitative estimate of drug-likeness (QED) is 0.583. The molecule has 0 atom stereocenters. The Hall–Kier alpha value is -1.94. The molecule has 3 aromatic rings. The minimum atomic E-state index is -3.58. The number of fused-ring (bicyclic) bond motifs is 1. The van der Waals surface area contributed by atoms with E-state index >= 15 is 0 Å². The molecule has 2 heterocycles. The molecule has 3 rings (SSSR count). The zero-order valence-electron chi connectivity index (χ0n) is 15.6. The minimum absolute atomic E-state index is 0.0835. The van der Waals surface area contributed by atoms with Gasteiger partial charge in [-0.05, 0) is 24.6 Å². The number of halogens is 2. The molecule has 0 spiro atoms. The Labute approximate surface area is 172 Å². The van der Waals surface area contributed by atoms with E-state index in [0.29, 0.717) is 17.9 Å². The lowest BCUT2D eigenvalue weighted by atomic mass is 10.3. The maximum atomic E-state index is 12.4. The Morgan fingerprint density at radius 1 is 1.21 bits per heavy atom. The van der Waals surface area contributed by atoms with Crippen molar-refractivity contribution in [2.24, 2.45) is 0 Å². The van der Waals surface area contributed by atoms with E-state index in [0.717, 1.165) is 16.2 Å². The number of imidazole rings is 1. The number of aryl methyl sites for hydroxylation is 1. The van der Waals surface area contributed by atoms with E-state index in [1.165, 1.54) is 31.0 Å². The molecule has 150 valence electrons. The lowest BCUT2D eigenvalue weighted by molar-refractivity contribution is 0.521. The van der Waals surface area contributed by atoms with Crippen LogP contribution in [0.4, 0.5) is 0 Å². The molecule has 0 bridgehead atoms. The molecule has 0 radical (unpaired) electrons. The van der Waals surface area contributed by atoms with Crippen LogP contribution in [0.2, 0.25) is 10.0 Å². The Bertz CT molecular complexity index is 1200. The molecule has 0 unspecified atom stereocenters. The number of nitrogens with zero attached hydrogens (tertiary/aromatic N) is 5. The summed E-state index contributed by atoms with van der Waals surface area (Å²) in [6.07, 6.45) is 2.14. The third-order valence-electron chi connectivity index (χ3n) is 4.26. The van der Waals surface area contributed by atoms with Crippen molar-refractivity contribution in [3.05, 3.63) is 50.6 Å². The van der Waals surface area contributed by atoms with Gasteiger partial charge in [0.2, 0.25) is 10.0 Å². The van der Waals surface area contributed by atoms with E-state index < -0.39 is 15.6 Å². The second kappa shape index (κ2) is 7.82. The third-order valence-corrected chi connectivity index (χ3v) is 6.82. The van der Waals surface area contributed by atoms with Crippen molar-refractivity contribution in [2.75, 3.05) is 14.1 Å². The zero-order valence-corrected chi connectivity index (χ0v) is 17.9. The van der Waals surface area contributed by atoms with Gasteiger partial charge in [0.1, 0.15) is 17.4 Å². The fourth-order valence-electron chi connectivity index (χ4n) is 2.82. The molecule has 8 nitrogen and oxygen atoms in total. The lowest BCUT2D eigenvalue weighted by Gasteiger charge is -2.11. The normalized spacial score (nSPS) is 12.2. The number of sulfonamides is 1. The third kappa shape index (κ3) is 3.67. The highest BCUT2D eigenvalue weighted by Gasteiger charge is 2.20. The van der Waals surface area contributed by atoms with Gasteiger partial charge in [-0.1, -0.05) is 30.1 Å². The summed E-state index contributed by atoms with van der Waals surface area (Å²) < 4.78 is 29.1. The van der Waals surface area contributed by atoms with Gasteiger partial charge in [-0.2, -0.15) is 5.10 Å². The van der Waals surface area contributed by atoms with Crippen LogP contribution in [0.1, 0.15) is 19.2 Å². The Kier molecular flexibility index (Phi) is 5.81. The van der Waals surface area contributed by atoms with Crippen molar-refractivity contribution in [3.8, 4) is 0 Å². The fourth-order valence-corrected chi connectivity index (χ4v) is 4.01. The first-order valence-electron chi connectivity index (χ1n) is 8.49. The van der Waals surface area contributed by atoms with Crippen molar-refractivity contribution in [3.63, 3.8) is 0 Å². The molecule has 11 heteroatoms. The monoisotopic (exact) mass is 443 g/mol. The van der Waals surface area contributed by atoms with Crippen LogP contribution in [-0.4, -0.2) is 46.1 Å². The first-order valence-corrected chi connectivity index (χ1v) is 10.7. The molecule has 0 N–H and O–H groups in total. The van der Waals surface area contributed by atoms with Gasteiger partial charge in [-0.15, -0.1) is 0 Å². The van der Waals surface area contributed by atoms with Crippen LogP contribution in [0.5, 0.6) is 0 Å². The van der Waals surface area contributed by atoms with Crippen LogP contribution in [-0.2, 0) is 23.1 Å². The maximum Gasteiger partial charge on any atom is 0.287 e. The van der Waals surface area contributed by atoms with E-state index in [1.807, 2.05) is 11.5 Å². The van der Waals surface area contributed by atoms with Crippen molar-refractivity contribution < 1.29 is 8.42 Å². The van der Waals surface area contributed by atoms with Crippen LogP contribution in [0.15, 0.2) is 34.1 Å². The average Bonchev–Trinajstić information content (AvgIpc) is 2.99. The van der Waals surface area contributed by atoms with Gasteiger partial charge in [0.05, 0.1) is 27.1 Å². The zero-order chi connectivity index (χ0) is 20.6. The first kappa shape index (κ1) is 20.8. The lowest BCUT2D eigenvalue weighted by Crippen LogP contribution is -2.25. The summed E-state index contributed by atoms with van der Waals surface area (Å²) >= 11 is 11.8. The largest absolute Gasteiger partial charge is 0.326 e. The average molecular weight is 444 g/mol. The SMILES string of the molecule is CCCn1c(Cn2ncc(Cl)c(Cl)c2=O)nc2cc(S(=O)(=O)N(C)C)ccc21. The summed E-state index contributed by atoms with van der Waals surface area (Å²) in [6, 6.07) is 4.81. The Morgan fingerprint density at radius 2 is 1.93 bits per heavy atom. The van der Waals surface area contributed by atoms with Crippen LogP contribution in [0.3, 0.4) is 0 Å². The minimum Gasteiger partial charge on any atom is -0.326 e. The van der Waals surface area contributed by atoms with Crippen LogP contribution in [0, 0.1) is 0 Å². The Morgan fingerprint density at radius 3 is 2.57 bits per heavy atom. The summed E-state index contributed by atoms with van der Waals surface area (Å²) in [5, 5.41) is 4.00. The molecule has 0 saturated heterocycles. The summed E-state index contributed by atoms with van der Waals surface area (Å²) in [5.41, 5.74) is 0.794. The second-order valence-corrected chi connectivity index (χ2v) is 9.32. The fraction of sp³-hybridized carbons (Fsp3) is 0.353. The van der Waals surface area contributed by atoms with E-state index in [1.54, 1.807) is 12.1 Å². The number of hydrogen-bond donors (Lipinski definition) is 0. The van der Waals surface area contributed by atoms with E-state index in [2.05, 4.69) is 10.1 Å². The molecule has 1 aromatic carbocycles. The van der Waals surface area contributed by atoms with Crippen LogP contribution in [0.25, 0.3) is 11.0 Å². The molecule has 28 heavy (non-hydrogen) atoms. The van der Waals surface area contributed by atoms with Crippen molar-refractivity contribution >= 4 is 44.3 Å². The molecular weight excluding hydrogens is 425 g/mol. The highest BCUT2D eigenvalue weighted by atomic mass is 35.5. The van der Waals surface area contributed by atoms with Gasteiger partial charge in [-0.3, -0.25) is 4.79 Å². The Balaban J connectivity index is 2.13. The molecule has 0 aliphatic rings. The number of hydrogen-bond acceptors (Lipinski definition) is 5. The van der Waals surface area contributed by atoms with Gasteiger partial charge in [0.25, 0.3) is 5.56 Å². The molecule has 0 fully saturated rings. The van der Waals surface area contributed by atoms with Gasteiger partial charge in [-0.25, -0.2) is 22.4 Å². The van der Waals surface area contributed by atoms with E-state index in [4.69, 9.17) is 23.2 Å². The molecular formula is C17H19Cl2N5O3S. The predicted molar refractivity (Wildman–Crippen MR) is 109 cm³/mol. The van der Waals surface area contributed by atoms with Gasteiger partial charge in [0, 0.05) is 20.6 Å². The van der Waals surface area contributed by atoms with E-state index in [-0.39, 0.29) is 21.5 Å². The van der Waals surface area contributed by atoms with Crippen molar-refractivity contribution in [1.29, 1.82) is 0 Å². The molecule has 0 saturated carbocycles. The van der Waals surface area contributed by atoms with Gasteiger partial charge < -0.3 is 4.57 Å². The molecule has 0 aliphatic carbocycles. The number of aromatic nitrogens is 4. The summed E-state index contributed by atoms with van der Waals surface area (Å²) in [5.74, 6) is 0.573. The van der Waals surface area contributed by atoms with Crippen LogP contribution >= 0.6 is 23.2 Å². The van der Waals surface area contributed by atoms with Gasteiger partial charge in [0.15, 0.2) is 0 Å². The topological polar surface area (TPSA) is 90.1 Å². The first-order chi connectivity index (χ1) is 13.2. The molecule has 0 amide bonds. The maximum absolute atomic E-state index is 12.4. The van der Waals surface area contributed by atoms with E-state index in [9.17, 15) is 13.2 Å². The standard InChI is InChI=1S/C17H19Cl2N5O3S/c1-4-7-23-14-6-5-11(28(26,27)22(2)3)8-13(14)21-15(23)10-24-17(25)16(19)12(18)9-20-24/h5-6,8-9H,4,7,10H2,1-3H3. The summed E-state index contributed by atoms with van der Waals surface area (Å²) in [6.45, 7) is 2.76. The second-order valence-electron chi connectivity index (χ2n) is 6.39. The van der Waals surface area contributed by atoms with Crippen LogP contribution < -0.4 is 5.56 Å². The number of rotatable bonds is 6. The van der Waals surface area contributed by atoms with Gasteiger partial charge >= 0.3 is 0 Å². The molecule has 0 aliphatic heterocycles. The molecule has 2 aromatic heterocycles. The number of benzene rings is 1. The predicted octanol–water partition coefficient (Wildman–Crippen LogP) is 2.61. The summed E-state index contributed by atoms with van der Waals surface area (Å²) in [4.78, 5) is 17.0. The summed E-state index contributed by atoms with van der Waals surface area (Å²) in [7, 11) is -0.625. The van der Waals surface area contributed by atoms with Crippen molar-refractivity contribution in [1.82, 2.24) is 23.6 Å². The van der Waals surface area contributed by atoms with Crippen molar-refractivity contribution in [2.45, 2.75) is 31.3 Å².